The summed E-state index contributed by atoms with van der Waals surface area (Å²) < 4.78 is 15.9. The van der Waals surface area contributed by atoms with Crippen molar-refractivity contribution in [1.29, 1.82) is 0 Å². The number of nitrogens with one attached hydrogen (secondary N) is 1. The van der Waals surface area contributed by atoms with Gasteiger partial charge >= 0.3 is 5.97 Å². The van der Waals surface area contributed by atoms with Crippen molar-refractivity contribution in [1.82, 2.24) is 5.32 Å². The summed E-state index contributed by atoms with van der Waals surface area (Å²) in [4.78, 5) is 24.2. The molecule has 0 spiro atoms. The molecular weight excluding hydrogens is 370 g/mol. The molecule has 0 heterocycles. The van der Waals surface area contributed by atoms with E-state index >= 15 is 0 Å². The third-order valence-electron chi connectivity index (χ3n) is 4.01. The Morgan fingerprint density at radius 1 is 0.828 bits per heavy atom. The minimum absolute atomic E-state index is 0.305. The van der Waals surface area contributed by atoms with Crippen LogP contribution in [0.4, 0.5) is 0 Å². The minimum atomic E-state index is -0.597. The molecule has 0 aromatic heterocycles. The maximum atomic E-state index is 12.2. The van der Waals surface area contributed by atoms with Crippen LogP contribution in [0.5, 0.6) is 17.2 Å². The van der Waals surface area contributed by atoms with Crippen LogP contribution in [0.2, 0.25) is 0 Å². The lowest BCUT2D eigenvalue weighted by atomic mass is 10.2. The van der Waals surface area contributed by atoms with Crippen LogP contribution in [-0.2, 0) is 16.1 Å². The van der Waals surface area contributed by atoms with Gasteiger partial charge < -0.3 is 19.5 Å². The molecule has 3 aromatic carbocycles. The highest BCUT2D eigenvalue weighted by Crippen LogP contribution is 2.22. The van der Waals surface area contributed by atoms with Crippen molar-refractivity contribution in [2.75, 3.05) is 13.7 Å². The van der Waals surface area contributed by atoms with Crippen molar-refractivity contribution in [2.24, 2.45) is 0 Å². The average molecular weight is 391 g/mol. The van der Waals surface area contributed by atoms with Gasteiger partial charge in [-0.3, -0.25) is 4.79 Å². The standard InChI is InChI=1S/C23H21NO5/c1-27-20-11-5-7-17(13-20)15-24-22(25)16-28-23(26)18-8-6-12-21(14-18)29-19-9-3-2-4-10-19/h2-14H,15-16H2,1H3,(H,24,25). The van der Waals surface area contributed by atoms with E-state index in [9.17, 15) is 9.59 Å². The van der Waals surface area contributed by atoms with E-state index in [1.165, 1.54) is 0 Å². The number of carbonyl (C=O) groups excluding carboxylic acids is 2. The van der Waals surface area contributed by atoms with Crippen LogP contribution in [-0.4, -0.2) is 25.6 Å². The first-order chi connectivity index (χ1) is 14.1. The second-order valence-electron chi connectivity index (χ2n) is 6.15. The second kappa shape index (κ2) is 9.94. The molecule has 0 aliphatic heterocycles. The maximum Gasteiger partial charge on any atom is 0.338 e. The molecule has 29 heavy (non-hydrogen) atoms. The van der Waals surface area contributed by atoms with Gasteiger partial charge in [-0.1, -0.05) is 36.4 Å². The number of esters is 1. The van der Waals surface area contributed by atoms with Gasteiger partial charge in [-0.15, -0.1) is 0 Å². The Kier molecular flexibility index (Phi) is 6.84. The number of benzene rings is 3. The van der Waals surface area contributed by atoms with Crippen LogP contribution in [0.15, 0.2) is 78.9 Å². The number of ether oxygens (including phenoxy) is 3. The van der Waals surface area contributed by atoms with Gasteiger partial charge in [-0.25, -0.2) is 4.79 Å². The summed E-state index contributed by atoms with van der Waals surface area (Å²) in [6, 6.07) is 23.2. The highest BCUT2D eigenvalue weighted by Gasteiger charge is 2.11. The lowest BCUT2D eigenvalue weighted by molar-refractivity contribution is -0.124. The van der Waals surface area contributed by atoms with Gasteiger partial charge in [0.05, 0.1) is 12.7 Å². The molecule has 0 aliphatic carbocycles. The molecule has 3 rings (SSSR count). The molecule has 0 atom stereocenters. The van der Waals surface area contributed by atoms with E-state index in [2.05, 4.69) is 5.32 Å². The smallest absolute Gasteiger partial charge is 0.338 e. The SMILES string of the molecule is COc1cccc(CNC(=O)COC(=O)c2cccc(Oc3ccccc3)c2)c1. The molecule has 0 bridgehead atoms. The average Bonchev–Trinajstić information content (AvgIpc) is 2.77. The Morgan fingerprint density at radius 2 is 1.55 bits per heavy atom. The highest BCUT2D eigenvalue weighted by atomic mass is 16.5. The third kappa shape index (κ3) is 6.10. The number of hydrogen-bond acceptors (Lipinski definition) is 5. The summed E-state index contributed by atoms with van der Waals surface area (Å²) in [5, 5.41) is 2.70. The van der Waals surface area contributed by atoms with Crippen LogP contribution in [0.3, 0.4) is 0 Å². The van der Waals surface area contributed by atoms with E-state index in [1.54, 1.807) is 31.4 Å². The first-order valence-electron chi connectivity index (χ1n) is 9.04. The van der Waals surface area contributed by atoms with Gasteiger partial charge in [-0.05, 0) is 48.0 Å². The van der Waals surface area contributed by atoms with Crippen molar-refractivity contribution in [3.05, 3.63) is 90.0 Å². The minimum Gasteiger partial charge on any atom is -0.497 e. The van der Waals surface area contributed by atoms with Crippen molar-refractivity contribution in [3.8, 4) is 17.2 Å². The van der Waals surface area contributed by atoms with Gasteiger partial charge in [-0.2, -0.15) is 0 Å². The molecule has 0 unspecified atom stereocenters. The van der Waals surface area contributed by atoms with Crippen molar-refractivity contribution >= 4 is 11.9 Å². The molecule has 3 aromatic rings. The molecule has 0 radical (unpaired) electrons. The highest BCUT2D eigenvalue weighted by molar-refractivity contribution is 5.91. The Morgan fingerprint density at radius 3 is 2.34 bits per heavy atom. The van der Waals surface area contributed by atoms with Gasteiger partial charge in [0.25, 0.3) is 5.91 Å². The Bertz CT molecular complexity index is 972. The number of carbonyl (C=O) groups is 2. The fourth-order valence-corrected chi connectivity index (χ4v) is 2.56. The first-order valence-corrected chi connectivity index (χ1v) is 9.04. The number of rotatable bonds is 8. The van der Waals surface area contributed by atoms with Crippen molar-refractivity contribution in [2.45, 2.75) is 6.54 Å². The zero-order valence-electron chi connectivity index (χ0n) is 16.0. The third-order valence-corrected chi connectivity index (χ3v) is 4.01. The molecule has 148 valence electrons. The molecular formula is C23H21NO5. The fraction of sp³-hybridized carbons (Fsp3) is 0.130. The molecule has 0 saturated carbocycles. The van der Waals surface area contributed by atoms with E-state index in [0.717, 1.165) is 5.56 Å². The van der Waals surface area contributed by atoms with E-state index < -0.39 is 11.9 Å². The van der Waals surface area contributed by atoms with Crippen molar-refractivity contribution in [3.63, 3.8) is 0 Å². The quantitative estimate of drug-likeness (QED) is 0.589. The lowest BCUT2D eigenvalue weighted by Gasteiger charge is -2.09. The van der Waals surface area contributed by atoms with E-state index in [4.69, 9.17) is 14.2 Å². The Balaban J connectivity index is 1.49. The zero-order chi connectivity index (χ0) is 20.5. The topological polar surface area (TPSA) is 73.9 Å². The predicted molar refractivity (Wildman–Crippen MR) is 108 cm³/mol. The van der Waals surface area contributed by atoms with E-state index in [-0.39, 0.29) is 6.61 Å². The monoisotopic (exact) mass is 391 g/mol. The molecule has 6 heteroatoms. The summed E-state index contributed by atoms with van der Waals surface area (Å²) >= 11 is 0. The molecule has 0 saturated heterocycles. The van der Waals surface area contributed by atoms with Gasteiger partial charge in [0.2, 0.25) is 0 Å². The summed E-state index contributed by atoms with van der Waals surface area (Å²) in [6.45, 7) is -0.0550. The predicted octanol–water partition coefficient (Wildman–Crippen LogP) is 3.96. The summed E-state index contributed by atoms with van der Waals surface area (Å²) in [5.74, 6) is 0.891. The van der Waals surface area contributed by atoms with Gasteiger partial charge in [0.15, 0.2) is 6.61 Å². The summed E-state index contributed by atoms with van der Waals surface area (Å²) in [5.41, 5.74) is 1.19. The number of para-hydroxylation sites is 1. The number of amides is 1. The van der Waals surface area contributed by atoms with Crippen LogP contribution >= 0.6 is 0 Å². The Labute approximate surface area is 169 Å². The zero-order valence-corrected chi connectivity index (χ0v) is 16.0. The largest absolute Gasteiger partial charge is 0.497 e. The van der Waals surface area contributed by atoms with Gasteiger partial charge in [0, 0.05) is 6.54 Å². The lowest BCUT2D eigenvalue weighted by Crippen LogP contribution is -2.28. The van der Waals surface area contributed by atoms with Crippen molar-refractivity contribution < 1.29 is 23.8 Å². The maximum absolute atomic E-state index is 12.2. The second-order valence-corrected chi connectivity index (χ2v) is 6.15. The van der Waals surface area contributed by atoms with E-state index in [1.807, 2.05) is 54.6 Å². The first kappa shape index (κ1) is 19.9. The van der Waals surface area contributed by atoms with Crippen LogP contribution in [0, 0.1) is 0 Å². The fourth-order valence-electron chi connectivity index (χ4n) is 2.56. The molecule has 6 nitrogen and oxygen atoms in total. The molecule has 0 aliphatic rings. The van der Waals surface area contributed by atoms with Crippen LogP contribution < -0.4 is 14.8 Å². The normalized spacial score (nSPS) is 10.1. The molecule has 1 N–H and O–H groups in total. The van der Waals surface area contributed by atoms with Crippen LogP contribution in [0.1, 0.15) is 15.9 Å². The Hall–Kier alpha value is -3.80. The number of hydrogen-bond donors (Lipinski definition) is 1. The number of methoxy groups -OCH3 is 1. The van der Waals surface area contributed by atoms with Gasteiger partial charge in [0.1, 0.15) is 17.2 Å². The molecule has 1 amide bonds. The molecule has 0 fully saturated rings. The van der Waals surface area contributed by atoms with E-state index in [0.29, 0.717) is 29.4 Å². The van der Waals surface area contributed by atoms with Crippen LogP contribution in [0.25, 0.3) is 0 Å². The summed E-state index contributed by atoms with van der Waals surface area (Å²) in [7, 11) is 1.58. The summed E-state index contributed by atoms with van der Waals surface area (Å²) in [6.07, 6.45) is 0.